The van der Waals surface area contributed by atoms with E-state index in [1.54, 1.807) is 26.0 Å². The van der Waals surface area contributed by atoms with E-state index in [2.05, 4.69) is 15.8 Å². The number of nitrogens with zero attached hydrogens (tertiary/aromatic N) is 1. The Morgan fingerprint density at radius 3 is 2.43 bits per heavy atom. The van der Waals surface area contributed by atoms with Crippen molar-refractivity contribution in [1.82, 2.24) is 10.7 Å². The highest BCUT2D eigenvalue weighted by atomic mass is 19.1. The summed E-state index contributed by atoms with van der Waals surface area (Å²) in [6.45, 7) is 3.57. The van der Waals surface area contributed by atoms with Gasteiger partial charge in [0.05, 0.1) is 6.21 Å². The molecule has 154 valence electrons. The third kappa shape index (κ3) is 4.81. The molecule has 1 unspecified atom stereocenters. The third-order valence-corrected chi connectivity index (χ3v) is 4.66. The number of carbonyl (C=O) groups excluding carboxylic acids is 2. The molecule has 3 N–H and O–H groups in total. The Morgan fingerprint density at radius 1 is 1.03 bits per heavy atom. The fraction of sp³-hybridized carbons (Fsp3) is 0.174. The molecule has 0 saturated heterocycles. The maximum atomic E-state index is 13.0. The van der Waals surface area contributed by atoms with Gasteiger partial charge in [-0.3, -0.25) is 9.59 Å². The van der Waals surface area contributed by atoms with Crippen molar-refractivity contribution in [2.24, 2.45) is 11.0 Å². The van der Waals surface area contributed by atoms with Gasteiger partial charge in [-0.2, -0.15) is 5.10 Å². The Hall–Kier alpha value is -3.74. The minimum Gasteiger partial charge on any atom is -0.507 e. The number of benzene rings is 3. The number of amides is 2. The molecule has 3 aromatic carbocycles. The Kier molecular flexibility index (Phi) is 6.41. The third-order valence-electron chi connectivity index (χ3n) is 4.66. The van der Waals surface area contributed by atoms with Gasteiger partial charge in [0.2, 0.25) is 0 Å². The van der Waals surface area contributed by atoms with Crippen LogP contribution in [0.25, 0.3) is 10.8 Å². The molecular weight excluding hydrogens is 385 g/mol. The van der Waals surface area contributed by atoms with Gasteiger partial charge in [0.15, 0.2) is 0 Å². The molecular formula is C23H22FN3O3. The molecule has 0 bridgehead atoms. The van der Waals surface area contributed by atoms with Crippen LogP contribution in [-0.2, 0) is 4.79 Å². The number of aromatic hydroxyl groups is 1. The second kappa shape index (κ2) is 9.17. The van der Waals surface area contributed by atoms with Crippen molar-refractivity contribution in [3.63, 3.8) is 0 Å². The molecule has 6 nitrogen and oxygen atoms in total. The summed E-state index contributed by atoms with van der Waals surface area (Å²) >= 11 is 0. The summed E-state index contributed by atoms with van der Waals surface area (Å²) in [6.07, 6.45) is 1.37. The summed E-state index contributed by atoms with van der Waals surface area (Å²) in [5, 5.41) is 18.5. The van der Waals surface area contributed by atoms with E-state index in [4.69, 9.17) is 0 Å². The largest absolute Gasteiger partial charge is 0.507 e. The first-order chi connectivity index (χ1) is 14.4. The zero-order valence-corrected chi connectivity index (χ0v) is 16.6. The van der Waals surface area contributed by atoms with E-state index in [1.807, 2.05) is 24.3 Å². The normalized spacial score (nSPS) is 12.3. The van der Waals surface area contributed by atoms with Crippen LogP contribution in [0.4, 0.5) is 4.39 Å². The topological polar surface area (TPSA) is 90.8 Å². The first-order valence-electron chi connectivity index (χ1n) is 9.47. The predicted molar refractivity (Wildman–Crippen MR) is 114 cm³/mol. The zero-order chi connectivity index (χ0) is 21.7. The number of hydrogen-bond donors (Lipinski definition) is 3. The van der Waals surface area contributed by atoms with Crippen molar-refractivity contribution in [1.29, 1.82) is 0 Å². The highest BCUT2D eigenvalue weighted by molar-refractivity contribution is 6.03. The lowest BCUT2D eigenvalue weighted by atomic mass is 10.0. The number of hydrogen-bond acceptors (Lipinski definition) is 4. The van der Waals surface area contributed by atoms with Gasteiger partial charge in [-0.05, 0) is 47.0 Å². The van der Waals surface area contributed by atoms with Crippen molar-refractivity contribution in [3.05, 3.63) is 77.6 Å². The lowest BCUT2D eigenvalue weighted by molar-refractivity contribution is -0.123. The van der Waals surface area contributed by atoms with Gasteiger partial charge >= 0.3 is 0 Å². The van der Waals surface area contributed by atoms with Gasteiger partial charge in [0.1, 0.15) is 17.6 Å². The standard InChI is InChI=1S/C23H22FN3O3/c1-14(2)21(26-22(29)16-7-10-17(24)11-8-16)23(30)27-25-13-19-18-6-4-3-5-15(18)9-12-20(19)28/h3-14,21,28H,1-2H3,(H,26,29)(H,27,30)/b25-13+. The molecule has 30 heavy (non-hydrogen) atoms. The highest BCUT2D eigenvalue weighted by Gasteiger charge is 2.24. The average molecular weight is 407 g/mol. The summed E-state index contributed by atoms with van der Waals surface area (Å²) in [7, 11) is 0. The van der Waals surface area contributed by atoms with Gasteiger partial charge in [-0.15, -0.1) is 0 Å². The van der Waals surface area contributed by atoms with Crippen LogP contribution in [0, 0.1) is 11.7 Å². The van der Waals surface area contributed by atoms with Crippen LogP contribution >= 0.6 is 0 Å². The number of hydrazone groups is 1. The van der Waals surface area contributed by atoms with Crippen LogP contribution in [0.3, 0.4) is 0 Å². The molecule has 3 aromatic rings. The average Bonchev–Trinajstić information content (AvgIpc) is 2.73. The molecule has 0 saturated carbocycles. The van der Waals surface area contributed by atoms with Gasteiger partial charge in [0, 0.05) is 11.1 Å². The van der Waals surface area contributed by atoms with E-state index in [-0.39, 0.29) is 17.2 Å². The molecule has 0 aromatic heterocycles. The molecule has 1 atom stereocenters. The van der Waals surface area contributed by atoms with E-state index in [0.717, 1.165) is 10.8 Å². The molecule has 0 fully saturated rings. The number of phenolic OH excluding ortho intramolecular Hbond substituents is 1. The molecule has 0 heterocycles. The summed E-state index contributed by atoms with van der Waals surface area (Å²) in [5.74, 6) is -1.61. The van der Waals surface area contributed by atoms with Crippen LogP contribution in [0.5, 0.6) is 5.75 Å². The van der Waals surface area contributed by atoms with Crippen molar-refractivity contribution in [2.45, 2.75) is 19.9 Å². The maximum Gasteiger partial charge on any atom is 0.262 e. The predicted octanol–water partition coefficient (Wildman–Crippen LogP) is 3.59. The first kappa shape index (κ1) is 21.0. The van der Waals surface area contributed by atoms with Gasteiger partial charge < -0.3 is 10.4 Å². The second-order valence-corrected chi connectivity index (χ2v) is 7.16. The number of rotatable bonds is 6. The number of nitrogens with one attached hydrogen (secondary N) is 2. The Bertz CT molecular complexity index is 1090. The van der Waals surface area contributed by atoms with E-state index in [9.17, 15) is 19.1 Å². The Morgan fingerprint density at radius 2 is 1.73 bits per heavy atom. The molecule has 0 aliphatic rings. The van der Waals surface area contributed by atoms with E-state index < -0.39 is 23.7 Å². The molecule has 7 heteroatoms. The lowest BCUT2D eigenvalue weighted by Gasteiger charge is -2.20. The van der Waals surface area contributed by atoms with Crippen LogP contribution in [0.2, 0.25) is 0 Å². The van der Waals surface area contributed by atoms with Crippen LogP contribution in [0.15, 0.2) is 65.8 Å². The van der Waals surface area contributed by atoms with Crippen LogP contribution in [-0.4, -0.2) is 29.2 Å². The van der Waals surface area contributed by atoms with Crippen LogP contribution in [0.1, 0.15) is 29.8 Å². The Labute approximate surface area is 173 Å². The second-order valence-electron chi connectivity index (χ2n) is 7.16. The van der Waals surface area contributed by atoms with E-state index >= 15 is 0 Å². The fourth-order valence-corrected chi connectivity index (χ4v) is 3.01. The number of carbonyl (C=O) groups is 2. The number of halogens is 1. The minimum absolute atomic E-state index is 0.0386. The summed E-state index contributed by atoms with van der Waals surface area (Å²) in [6, 6.07) is 15.1. The Balaban J connectivity index is 1.72. The molecule has 0 aliphatic carbocycles. The summed E-state index contributed by atoms with van der Waals surface area (Å²) in [4.78, 5) is 25.0. The first-order valence-corrected chi connectivity index (χ1v) is 9.47. The fourth-order valence-electron chi connectivity index (χ4n) is 3.01. The van der Waals surface area contributed by atoms with Crippen molar-refractivity contribution in [2.75, 3.05) is 0 Å². The summed E-state index contributed by atoms with van der Waals surface area (Å²) in [5.41, 5.74) is 3.14. The quantitative estimate of drug-likeness (QED) is 0.431. The molecule has 0 radical (unpaired) electrons. The zero-order valence-electron chi connectivity index (χ0n) is 16.6. The lowest BCUT2D eigenvalue weighted by Crippen LogP contribution is -2.48. The molecule has 2 amide bonds. The molecule has 3 rings (SSSR count). The summed E-state index contributed by atoms with van der Waals surface area (Å²) < 4.78 is 13.0. The van der Waals surface area contributed by atoms with Crippen molar-refractivity contribution >= 4 is 28.8 Å². The maximum absolute atomic E-state index is 13.0. The minimum atomic E-state index is -0.846. The van der Waals surface area contributed by atoms with Gasteiger partial charge in [0.25, 0.3) is 11.8 Å². The van der Waals surface area contributed by atoms with Crippen molar-refractivity contribution in [3.8, 4) is 5.75 Å². The monoisotopic (exact) mass is 407 g/mol. The van der Waals surface area contributed by atoms with Crippen LogP contribution < -0.4 is 10.7 Å². The SMILES string of the molecule is CC(C)C(NC(=O)c1ccc(F)cc1)C(=O)N/N=C/c1c(O)ccc2ccccc12. The van der Waals surface area contributed by atoms with Crippen molar-refractivity contribution < 1.29 is 19.1 Å². The number of phenols is 1. The van der Waals surface area contributed by atoms with E-state index in [1.165, 1.54) is 30.5 Å². The van der Waals surface area contributed by atoms with Gasteiger partial charge in [-0.1, -0.05) is 44.2 Å². The van der Waals surface area contributed by atoms with Gasteiger partial charge in [-0.25, -0.2) is 9.82 Å². The highest BCUT2D eigenvalue weighted by Crippen LogP contribution is 2.25. The molecule has 0 spiro atoms. The smallest absolute Gasteiger partial charge is 0.262 e. The van der Waals surface area contributed by atoms with E-state index in [0.29, 0.717) is 5.56 Å². The molecule has 0 aliphatic heterocycles. The number of fused-ring (bicyclic) bond motifs is 1.